The Bertz CT molecular complexity index is 1910. The van der Waals surface area contributed by atoms with Crippen LogP contribution in [0.3, 0.4) is 0 Å². The van der Waals surface area contributed by atoms with Crippen molar-refractivity contribution in [3.05, 3.63) is 102 Å². The molecule has 4 aromatic carbocycles. The van der Waals surface area contributed by atoms with Gasteiger partial charge in [-0.1, -0.05) is 50.2 Å². The minimum absolute atomic E-state index is 0.234. The second-order valence-corrected chi connectivity index (χ2v) is 10.9. The molecule has 0 unspecified atom stereocenters. The number of para-hydroxylation sites is 3. The fraction of sp³-hybridized carbons (Fsp3) is 0.156. The zero-order valence-corrected chi connectivity index (χ0v) is 21.9. The highest BCUT2D eigenvalue weighted by atomic mass is 32.1. The summed E-state index contributed by atoms with van der Waals surface area (Å²) in [5.74, 6) is 1.80. The maximum Gasteiger partial charge on any atom is 0.194 e. The lowest BCUT2D eigenvalue weighted by Crippen LogP contribution is -2.23. The number of thiazole rings is 1. The molecule has 0 saturated carbocycles. The van der Waals surface area contributed by atoms with Gasteiger partial charge in [0.15, 0.2) is 5.13 Å². The molecular formula is C32H28N4OS. The van der Waals surface area contributed by atoms with Crippen LogP contribution in [0.2, 0.25) is 0 Å². The van der Waals surface area contributed by atoms with Crippen LogP contribution in [-0.4, -0.2) is 23.2 Å². The molecule has 0 atom stereocenters. The minimum Gasteiger partial charge on any atom is -0.457 e. The molecule has 7 rings (SSSR count). The lowest BCUT2D eigenvalue weighted by molar-refractivity contribution is 0.483. The molecular weight excluding hydrogens is 488 g/mol. The quantitative estimate of drug-likeness (QED) is 0.228. The number of anilines is 3. The lowest BCUT2D eigenvalue weighted by Gasteiger charge is -2.20. The number of nitrogens with zero attached hydrogens (tertiary/aromatic N) is 4. The Morgan fingerprint density at radius 2 is 1.63 bits per heavy atom. The van der Waals surface area contributed by atoms with Crippen LogP contribution in [0.15, 0.2) is 97.2 Å². The van der Waals surface area contributed by atoms with Crippen molar-refractivity contribution in [3.8, 4) is 16.6 Å². The van der Waals surface area contributed by atoms with Crippen molar-refractivity contribution >= 4 is 50.2 Å². The third-order valence-corrected chi connectivity index (χ3v) is 8.31. The summed E-state index contributed by atoms with van der Waals surface area (Å²) >= 11 is 1.71. The second kappa shape index (κ2) is 8.92. The Morgan fingerprint density at radius 3 is 2.47 bits per heavy atom. The van der Waals surface area contributed by atoms with Gasteiger partial charge in [-0.3, -0.25) is 4.57 Å². The van der Waals surface area contributed by atoms with E-state index in [0.717, 1.165) is 32.9 Å². The standard InChI is InChI=1S/C32H28N4OS/c1-21(2)31-19-33-32(38-31)36-27-12-5-4-11-25(27)26-16-15-24(18-30(26)36)37-23-10-8-9-22(17-23)35-20-34(3)28-13-6-7-14-29(28)35/h4-19,21H,20H2,1-3H3/i3D3. The van der Waals surface area contributed by atoms with Crippen LogP contribution < -0.4 is 14.5 Å². The molecule has 3 heterocycles. The van der Waals surface area contributed by atoms with E-state index >= 15 is 0 Å². The van der Waals surface area contributed by atoms with Gasteiger partial charge in [0.05, 0.1) is 29.1 Å². The van der Waals surface area contributed by atoms with E-state index in [2.05, 4.69) is 54.8 Å². The Morgan fingerprint density at radius 1 is 0.842 bits per heavy atom. The molecule has 1 aliphatic heterocycles. The van der Waals surface area contributed by atoms with E-state index < -0.39 is 6.98 Å². The van der Waals surface area contributed by atoms with E-state index in [1.807, 2.05) is 65.7 Å². The number of rotatable bonds is 5. The van der Waals surface area contributed by atoms with Crippen molar-refractivity contribution < 1.29 is 8.85 Å². The number of hydrogen-bond donors (Lipinski definition) is 0. The average Bonchev–Trinajstić information content (AvgIpc) is 3.67. The predicted molar refractivity (Wildman–Crippen MR) is 159 cm³/mol. The zero-order chi connectivity index (χ0) is 28.3. The Labute approximate surface area is 230 Å². The van der Waals surface area contributed by atoms with Crippen LogP contribution in [0.25, 0.3) is 26.9 Å². The number of ether oxygens (including phenoxy) is 1. The van der Waals surface area contributed by atoms with E-state index in [9.17, 15) is 0 Å². The van der Waals surface area contributed by atoms with Gasteiger partial charge in [0.1, 0.15) is 11.5 Å². The monoisotopic (exact) mass is 519 g/mol. The van der Waals surface area contributed by atoms with E-state index in [1.54, 1.807) is 11.3 Å². The molecule has 0 fully saturated rings. The summed E-state index contributed by atoms with van der Waals surface area (Å²) in [6.45, 7) is 2.37. The molecule has 0 N–H and O–H groups in total. The van der Waals surface area contributed by atoms with E-state index in [1.165, 1.54) is 15.2 Å². The summed E-state index contributed by atoms with van der Waals surface area (Å²) in [7, 11) is 0. The largest absolute Gasteiger partial charge is 0.457 e. The second-order valence-electron chi connectivity index (χ2n) is 9.82. The first-order valence-corrected chi connectivity index (χ1v) is 13.5. The van der Waals surface area contributed by atoms with E-state index in [4.69, 9.17) is 13.8 Å². The minimum atomic E-state index is -2.24. The first-order chi connectivity index (χ1) is 19.8. The normalized spacial score (nSPS) is 14.7. The van der Waals surface area contributed by atoms with E-state index in [-0.39, 0.29) is 6.67 Å². The average molecular weight is 520 g/mol. The summed E-state index contributed by atoms with van der Waals surface area (Å²) in [6, 6.07) is 29.9. The fourth-order valence-electron chi connectivity index (χ4n) is 5.15. The molecule has 6 aromatic rings. The summed E-state index contributed by atoms with van der Waals surface area (Å²) in [5.41, 5.74) is 4.56. The van der Waals surface area contributed by atoms with Crippen LogP contribution in [-0.2, 0) is 0 Å². The van der Waals surface area contributed by atoms with Gasteiger partial charge in [0, 0.05) is 50.8 Å². The van der Waals surface area contributed by atoms with Gasteiger partial charge >= 0.3 is 0 Å². The van der Waals surface area contributed by atoms with Gasteiger partial charge in [-0.2, -0.15) is 0 Å². The Balaban J connectivity index is 1.26. The van der Waals surface area contributed by atoms with Crippen molar-refractivity contribution in [1.82, 2.24) is 9.55 Å². The molecule has 0 saturated heterocycles. The molecule has 1 aliphatic rings. The molecule has 5 nitrogen and oxygen atoms in total. The maximum atomic E-state index is 8.01. The van der Waals surface area contributed by atoms with Crippen molar-refractivity contribution in [2.24, 2.45) is 0 Å². The summed E-state index contributed by atoms with van der Waals surface area (Å²) in [5, 5.41) is 3.25. The van der Waals surface area contributed by atoms with E-state index in [0.29, 0.717) is 23.1 Å². The first-order valence-electron chi connectivity index (χ1n) is 14.2. The van der Waals surface area contributed by atoms with Crippen LogP contribution in [0, 0.1) is 0 Å². The zero-order valence-electron chi connectivity index (χ0n) is 24.1. The molecule has 0 radical (unpaired) electrons. The van der Waals surface area contributed by atoms with Gasteiger partial charge in [0.25, 0.3) is 0 Å². The smallest absolute Gasteiger partial charge is 0.194 e. The third kappa shape index (κ3) is 3.72. The van der Waals surface area contributed by atoms with Crippen molar-refractivity contribution in [1.29, 1.82) is 0 Å². The van der Waals surface area contributed by atoms with Crippen molar-refractivity contribution in [3.63, 3.8) is 0 Å². The number of benzene rings is 4. The molecule has 0 bridgehead atoms. The summed E-state index contributed by atoms with van der Waals surface area (Å²) in [4.78, 5) is 9.48. The fourth-order valence-corrected chi connectivity index (χ4v) is 6.10. The molecule has 6 heteroatoms. The van der Waals surface area contributed by atoms with Crippen LogP contribution in [0.4, 0.5) is 17.1 Å². The van der Waals surface area contributed by atoms with Gasteiger partial charge < -0.3 is 14.5 Å². The Hall–Kier alpha value is -4.29. The Kier molecular flexibility index (Phi) is 4.64. The van der Waals surface area contributed by atoms with Crippen LogP contribution in [0.5, 0.6) is 11.5 Å². The molecule has 188 valence electrons. The van der Waals surface area contributed by atoms with Crippen LogP contribution in [0.1, 0.15) is 28.8 Å². The SMILES string of the molecule is [2H]C([2H])([2H])N1CN(c2cccc(Oc3ccc4c5ccccc5n(-c5ncc(C(C)C)s5)c4c3)c2)c2ccccc21. The van der Waals surface area contributed by atoms with Gasteiger partial charge in [-0.15, -0.1) is 11.3 Å². The summed E-state index contributed by atoms with van der Waals surface area (Å²) < 4.78 is 32.7. The highest BCUT2D eigenvalue weighted by Gasteiger charge is 2.24. The highest BCUT2D eigenvalue weighted by molar-refractivity contribution is 7.14. The van der Waals surface area contributed by atoms with Crippen molar-refractivity contribution in [2.75, 3.05) is 23.4 Å². The number of fused-ring (bicyclic) bond motifs is 4. The summed E-state index contributed by atoms with van der Waals surface area (Å²) in [6.07, 6.45) is 1.97. The number of hydrogen-bond acceptors (Lipinski definition) is 5. The van der Waals surface area contributed by atoms with Crippen molar-refractivity contribution in [2.45, 2.75) is 19.8 Å². The van der Waals surface area contributed by atoms with Crippen LogP contribution >= 0.6 is 11.3 Å². The van der Waals surface area contributed by atoms with Gasteiger partial charge in [0.2, 0.25) is 0 Å². The maximum absolute atomic E-state index is 8.01. The van der Waals surface area contributed by atoms with Gasteiger partial charge in [-0.05, 0) is 48.4 Å². The third-order valence-electron chi connectivity index (χ3n) is 7.03. The highest BCUT2D eigenvalue weighted by Crippen LogP contribution is 2.41. The van der Waals surface area contributed by atoms with Gasteiger partial charge in [-0.25, -0.2) is 4.98 Å². The molecule has 2 aromatic heterocycles. The molecule has 38 heavy (non-hydrogen) atoms. The topological polar surface area (TPSA) is 33.5 Å². The molecule has 0 aliphatic carbocycles. The molecule has 0 amide bonds. The lowest BCUT2D eigenvalue weighted by atomic mass is 10.1. The first kappa shape index (κ1) is 19.8. The predicted octanol–water partition coefficient (Wildman–Crippen LogP) is 8.70. The number of aromatic nitrogens is 2. The molecule has 0 spiro atoms.